The van der Waals surface area contributed by atoms with Crippen LogP contribution in [0.2, 0.25) is 0 Å². The maximum absolute atomic E-state index is 6.12. The lowest BCUT2D eigenvalue weighted by Gasteiger charge is -2.30. The van der Waals surface area contributed by atoms with E-state index < -0.39 is 0 Å². The summed E-state index contributed by atoms with van der Waals surface area (Å²) in [6.45, 7) is 4.04. The normalized spacial score (nSPS) is 13.5. The summed E-state index contributed by atoms with van der Waals surface area (Å²) in [6, 6.07) is 8.14. The first kappa shape index (κ1) is 14.0. The Labute approximate surface area is 104 Å². The number of hydrogen-bond donors (Lipinski definition) is 1. The van der Waals surface area contributed by atoms with Gasteiger partial charge in [0.15, 0.2) is 0 Å². The van der Waals surface area contributed by atoms with Crippen LogP contribution in [0.15, 0.2) is 24.3 Å². The summed E-state index contributed by atoms with van der Waals surface area (Å²) in [6.07, 6.45) is 1.87. The van der Waals surface area contributed by atoms with Gasteiger partial charge in [-0.1, -0.05) is 12.1 Å². The molecule has 0 heterocycles. The summed E-state index contributed by atoms with van der Waals surface area (Å²) in [5.74, 6) is 0.885. The van der Waals surface area contributed by atoms with Gasteiger partial charge in [0.05, 0.1) is 12.7 Å². The summed E-state index contributed by atoms with van der Waals surface area (Å²) in [4.78, 5) is 0. The fourth-order valence-corrected chi connectivity index (χ4v) is 1.61. The zero-order chi connectivity index (χ0) is 12.9. The van der Waals surface area contributed by atoms with Gasteiger partial charge in [0, 0.05) is 13.2 Å². The monoisotopic (exact) mass is 237 g/mol. The Morgan fingerprint density at radius 2 is 1.76 bits per heavy atom. The number of rotatable bonds is 6. The number of aryl methyl sites for hydroxylation is 1. The van der Waals surface area contributed by atoms with E-state index in [2.05, 4.69) is 12.1 Å². The Hall–Kier alpha value is -1.06. The van der Waals surface area contributed by atoms with Crippen molar-refractivity contribution in [2.45, 2.75) is 38.3 Å². The average Bonchev–Trinajstić information content (AvgIpc) is 2.36. The zero-order valence-electron chi connectivity index (χ0n) is 11.2. The molecule has 0 aliphatic carbocycles. The fourth-order valence-electron chi connectivity index (χ4n) is 1.61. The van der Waals surface area contributed by atoms with Crippen molar-refractivity contribution in [3.8, 4) is 5.75 Å². The first-order chi connectivity index (χ1) is 7.99. The third-order valence-corrected chi connectivity index (χ3v) is 3.32. The van der Waals surface area contributed by atoms with Gasteiger partial charge in [0.2, 0.25) is 0 Å². The van der Waals surface area contributed by atoms with Crippen LogP contribution in [0.3, 0.4) is 0 Å². The number of methoxy groups -OCH3 is 2. The maximum atomic E-state index is 6.12. The highest BCUT2D eigenvalue weighted by atomic mass is 16.5. The Bertz CT molecular complexity index is 333. The molecule has 0 saturated carbocycles. The summed E-state index contributed by atoms with van der Waals surface area (Å²) in [7, 11) is 3.37. The molecule has 1 rings (SSSR count). The Morgan fingerprint density at radius 1 is 1.18 bits per heavy atom. The number of hydrogen-bond acceptors (Lipinski definition) is 3. The fraction of sp³-hybridized carbons (Fsp3) is 0.571. The SMILES string of the molecule is COc1ccc(CCC(N)C(C)(C)OC)cc1. The minimum Gasteiger partial charge on any atom is -0.497 e. The van der Waals surface area contributed by atoms with Gasteiger partial charge < -0.3 is 15.2 Å². The van der Waals surface area contributed by atoms with Crippen LogP contribution in [-0.2, 0) is 11.2 Å². The van der Waals surface area contributed by atoms with Gasteiger partial charge in [0.25, 0.3) is 0 Å². The van der Waals surface area contributed by atoms with E-state index in [1.165, 1.54) is 5.56 Å². The molecule has 0 bridgehead atoms. The van der Waals surface area contributed by atoms with Gasteiger partial charge in [-0.05, 0) is 44.4 Å². The van der Waals surface area contributed by atoms with Crippen molar-refractivity contribution >= 4 is 0 Å². The molecule has 2 N–H and O–H groups in total. The molecule has 0 saturated heterocycles. The summed E-state index contributed by atoms with van der Waals surface area (Å²) in [5, 5.41) is 0. The van der Waals surface area contributed by atoms with Crippen molar-refractivity contribution in [3.63, 3.8) is 0 Å². The van der Waals surface area contributed by atoms with Crippen LogP contribution in [0.5, 0.6) is 5.75 Å². The molecule has 1 aromatic carbocycles. The molecule has 0 aliphatic rings. The molecule has 3 heteroatoms. The van der Waals surface area contributed by atoms with Gasteiger partial charge in [-0.25, -0.2) is 0 Å². The minimum atomic E-state index is -0.271. The van der Waals surface area contributed by atoms with Crippen LogP contribution in [0, 0.1) is 0 Å². The molecule has 0 aromatic heterocycles. The average molecular weight is 237 g/mol. The highest BCUT2D eigenvalue weighted by Crippen LogP contribution is 2.18. The lowest BCUT2D eigenvalue weighted by Crippen LogP contribution is -2.44. The van der Waals surface area contributed by atoms with E-state index in [4.69, 9.17) is 15.2 Å². The van der Waals surface area contributed by atoms with Crippen LogP contribution in [0.25, 0.3) is 0 Å². The molecule has 3 nitrogen and oxygen atoms in total. The molecule has 0 radical (unpaired) electrons. The molecule has 1 unspecified atom stereocenters. The van der Waals surface area contributed by atoms with Crippen LogP contribution in [-0.4, -0.2) is 25.9 Å². The minimum absolute atomic E-state index is 0.0367. The van der Waals surface area contributed by atoms with Crippen molar-refractivity contribution in [3.05, 3.63) is 29.8 Å². The van der Waals surface area contributed by atoms with Crippen LogP contribution in [0.1, 0.15) is 25.8 Å². The van der Waals surface area contributed by atoms with Crippen molar-refractivity contribution in [1.82, 2.24) is 0 Å². The predicted octanol–water partition coefficient (Wildman–Crippen LogP) is 2.38. The van der Waals surface area contributed by atoms with Crippen molar-refractivity contribution in [2.75, 3.05) is 14.2 Å². The third-order valence-electron chi connectivity index (χ3n) is 3.32. The van der Waals surface area contributed by atoms with E-state index in [9.17, 15) is 0 Å². The summed E-state index contributed by atoms with van der Waals surface area (Å²) in [5.41, 5.74) is 7.12. The zero-order valence-corrected chi connectivity index (χ0v) is 11.2. The van der Waals surface area contributed by atoms with Crippen LogP contribution >= 0.6 is 0 Å². The van der Waals surface area contributed by atoms with Gasteiger partial charge in [0.1, 0.15) is 5.75 Å². The van der Waals surface area contributed by atoms with E-state index in [1.54, 1.807) is 14.2 Å². The molecule has 17 heavy (non-hydrogen) atoms. The predicted molar refractivity (Wildman–Crippen MR) is 70.4 cm³/mol. The Kier molecular flexibility index (Phi) is 4.97. The second-order valence-corrected chi connectivity index (χ2v) is 4.80. The highest BCUT2D eigenvalue weighted by molar-refractivity contribution is 5.27. The molecule has 1 aromatic rings. The molecule has 0 spiro atoms. The van der Waals surface area contributed by atoms with E-state index >= 15 is 0 Å². The second-order valence-electron chi connectivity index (χ2n) is 4.80. The first-order valence-electron chi connectivity index (χ1n) is 5.93. The van der Waals surface area contributed by atoms with E-state index in [1.807, 2.05) is 26.0 Å². The number of nitrogens with two attached hydrogens (primary N) is 1. The van der Waals surface area contributed by atoms with Crippen LogP contribution in [0.4, 0.5) is 0 Å². The van der Waals surface area contributed by atoms with Crippen molar-refractivity contribution < 1.29 is 9.47 Å². The lowest BCUT2D eigenvalue weighted by atomic mass is 9.93. The van der Waals surface area contributed by atoms with Gasteiger partial charge in [-0.15, -0.1) is 0 Å². The summed E-state index contributed by atoms with van der Waals surface area (Å²) >= 11 is 0. The van der Waals surface area contributed by atoms with Gasteiger partial charge >= 0.3 is 0 Å². The number of ether oxygens (including phenoxy) is 2. The topological polar surface area (TPSA) is 44.5 Å². The van der Waals surface area contributed by atoms with E-state index in [0.29, 0.717) is 0 Å². The largest absolute Gasteiger partial charge is 0.497 e. The quantitative estimate of drug-likeness (QED) is 0.826. The van der Waals surface area contributed by atoms with E-state index in [0.717, 1.165) is 18.6 Å². The molecule has 96 valence electrons. The molecular formula is C14H23NO2. The molecule has 1 atom stereocenters. The van der Waals surface area contributed by atoms with E-state index in [-0.39, 0.29) is 11.6 Å². The number of benzene rings is 1. The third kappa shape index (κ3) is 4.02. The van der Waals surface area contributed by atoms with Crippen LogP contribution < -0.4 is 10.5 Å². The maximum Gasteiger partial charge on any atom is 0.118 e. The molecule has 0 amide bonds. The smallest absolute Gasteiger partial charge is 0.118 e. The highest BCUT2D eigenvalue weighted by Gasteiger charge is 2.25. The van der Waals surface area contributed by atoms with Crippen molar-refractivity contribution in [1.29, 1.82) is 0 Å². The first-order valence-corrected chi connectivity index (χ1v) is 5.93. The lowest BCUT2D eigenvalue weighted by molar-refractivity contribution is -0.00132. The standard InChI is InChI=1S/C14H23NO2/c1-14(2,17-4)13(15)10-7-11-5-8-12(16-3)9-6-11/h5-6,8-9,13H,7,10,15H2,1-4H3. The second kappa shape index (κ2) is 6.03. The Balaban J connectivity index is 2.50. The Morgan fingerprint density at radius 3 is 2.24 bits per heavy atom. The van der Waals surface area contributed by atoms with Crippen molar-refractivity contribution in [2.24, 2.45) is 5.73 Å². The summed E-state index contributed by atoms with van der Waals surface area (Å²) < 4.78 is 10.5. The molecular weight excluding hydrogens is 214 g/mol. The molecule has 0 aliphatic heterocycles. The molecule has 0 fully saturated rings. The van der Waals surface area contributed by atoms with Gasteiger partial charge in [-0.2, -0.15) is 0 Å². The van der Waals surface area contributed by atoms with Gasteiger partial charge in [-0.3, -0.25) is 0 Å².